The van der Waals surface area contributed by atoms with Gasteiger partial charge in [0.2, 0.25) is 0 Å². The molecule has 45 heavy (non-hydrogen) atoms. The van der Waals surface area contributed by atoms with Crippen LogP contribution in [0.4, 0.5) is 5.69 Å². The number of methoxy groups -OCH3 is 1. The second-order valence-corrected chi connectivity index (χ2v) is 13.5. The fraction of sp³-hybridized carbons (Fsp3) is 0.611. The Morgan fingerprint density at radius 1 is 0.978 bits per heavy atom. The minimum Gasteiger partial charge on any atom is -0.496 e. The van der Waals surface area contributed by atoms with Crippen LogP contribution in [0.1, 0.15) is 103 Å². The molecular formula is C36H53Cl2N3O4. The van der Waals surface area contributed by atoms with E-state index in [0.717, 1.165) is 43.5 Å². The summed E-state index contributed by atoms with van der Waals surface area (Å²) >= 11 is 6.06. The summed E-state index contributed by atoms with van der Waals surface area (Å²) in [6, 6.07) is 10.4. The minimum atomic E-state index is -0.161. The van der Waals surface area contributed by atoms with Gasteiger partial charge in [-0.05, 0) is 103 Å². The van der Waals surface area contributed by atoms with Crippen LogP contribution in [0.5, 0.6) is 5.75 Å². The predicted octanol–water partition coefficient (Wildman–Crippen LogP) is 7.91. The van der Waals surface area contributed by atoms with E-state index in [-0.39, 0.29) is 30.3 Å². The largest absolute Gasteiger partial charge is 0.496 e. The molecule has 0 saturated carbocycles. The average molecular weight is 663 g/mol. The fourth-order valence-electron chi connectivity index (χ4n) is 7.08. The maximum Gasteiger partial charge on any atom is 0.338 e. The summed E-state index contributed by atoms with van der Waals surface area (Å²) in [6.07, 6.45) is 11.0. The number of nitrogens with two attached hydrogens (primary N) is 1. The highest BCUT2D eigenvalue weighted by Gasteiger charge is 2.40. The van der Waals surface area contributed by atoms with Crippen molar-refractivity contribution in [1.82, 2.24) is 9.80 Å². The van der Waals surface area contributed by atoms with Gasteiger partial charge in [0.05, 0.1) is 28.9 Å². The SMILES string of the molecule is CCCCN1CCC(CCC(=O)c2cc(Cl)c(N)cc2OC)CC1.Cc1cc(C)cc(C(=O)OC2CC3CCC(C2)N3C)c1.Cl. The maximum absolute atomic E-state index is 12.5. The van der Waals surface area contributed by atoms with Gasteiger partial charge in [0.15, 0.2) is 5.78 Å². The Morgan fingerprint density at radius 2 is 1.60 bits per heavy atom. The fourth-order valence-corrected chi connectivity index (χ4v) is 7.24. The summed E-state index contributed by atoms with van der Waals surface area (Å²) in [7, 11) is 3.75. The Balaban J connectivity index is 0.000000243. The predicted molar refractivity (Wildman–Crippen MR) is 186 cm³/mol. The standard InChI is InChI=1S/C19H29ClN2O2.C17H23NO2.ClH/c1-3-4-9-22-10-7-14(8-11-22)5-6-18(23)15-12-16(20)17(21)13-19(15)24-2;1-11-6-12(2)8-13(7-11)17(19)20-16-9-14-4-5-15(10-16)18(14)3;/h12-14H,3-11,21H2,1-2H3;6-8,14-16H,4-5,9-10H2,1-3H3;1H. The third-order valence-electron chi connectivity index (χ3n) is 9.72. The molecule has 250 valence electrons. The Kier molecular flexibility index (Phi) is 14.5. The molecular weight excluding hydrogens is 609 g/mol. The van der Waals surface area contributed by atoms with Crippen LogP contribution in [0.15, 0.2) is 30.3 Å². The number of rotatable bonds is 10. The first-order valence-electron chi connectivity index (χ1n) is 16.5. The summed E-state index contributed by atoms with van der Waals surface area (Å²) in [5, 5.41) is 0.406. The molecule has 2 aromatic carbocycles. The molecule has 2 atom stereocenters. The van der Waals surface area contributed by atoms with E-state index in [1.807, 2.05) is 26.0 Å². The molecule has 2 unspecified atom stereocenters. The van der Waals surface area contributed by atoms with Gasteiger partial charge < -0.3 is 25.0 Å². The number of Topliss-reactive ketones (excluding diaryl/α,β-unsaturated/α-hetero) is 1. The highest BCUT2D eigenvalue weighted by molar-refractivity contribution is 6.33. The summed E-state index contributed by atoms with van der Waals surface area (Å²) in [4.78, 5) is 29.8. The molecule has 3 heterocycles. The monoisotopic (exact) mass is 661 g/mol. The quantitative estimate of drug-likeness (QED) is 0.157. The highest BCUT2D eigenvalue weighted by atomic mass is 35.5. The summed E-state index contributed by atoms with van der Waals surface area (Å²) < 4.78 is 11.0. The Labute approximate surface area is 281 Å². The van der Waals surface area contributed by atoms with Crippen LogP contribution in [0.3, 0.4) is 0 Å². The third kappa shape index (κ3) is 10.3. The van der Waals surface area contributed by atoms with Gasteiger partial charge in [-0.2, -0.15) is 0 Å². The van der Waals surface area contributed by atoms with Crippen molar-refractivity contribution in [2.75, 3.05) is 39.5 Å². The van der Waals surface area contributed by atoms with Gasteiger partial charge in [-0.15, -0.1) is 12.4 Å². The number of aryl methyl sites for hydroxylation is 2. The molecule has 0 aliphatic carbocycles. The zero-order valence-corrected chi connectivity index (χ0v) is 29.4. The lowest BCUT2D eigenvalue weighted by atomic mass is 9.90. The number of carbonyl (C=O) groups excluding carboxylic acids is 2. The number of halogens is 2. The number of hydrogen-bond acceptors (Lipinski definition) is 7. The molecule has 3 fully saturated rings. The molecule has 2 N–H and O–H groups in total. The van der Waals surface area contributed by atoms with Crippen molar-refractivity contribution in [1.29, 1.82) is 0 Å². The van der Waals surface area contributed by atoms with Gasteiger partial charge in [-0.3, -0.25) is 4.79 Å². The Morgan fingerprint density at radius 3 is 2.18 bits per heavy atom. The lowest BCUT2D eigenvalue weighted by Crippen LogP contribution is -2.43. The number of benzene rings is 2. The minimum absolute atomic E-state index is 0. The van der Waals surface area contributed by atoms with Gasteiger partial charge in [0.25, 0.3) is 0 Å². The topological polar surface area (TPSA) is 85.1 Å². The van der Waals surface area contributed by atoms with E-state index in [2.05, 4.69) is 29.8 Å². The zero-order valence-electron chi connectivity index (χ0n) is 27.8. The summed E-state index contributed by atoms with van der Waals surface area (Å²) in [5.74, 6) is 1.08. The number of hydrogen-bond donors (Lipinski definition) is 1. The Hall–Kier alpha value is -2.32. The molecule has 3 aliphatic rings. The van der Waals surface area contributed by atoms with E-state index in [1.54, 1.807) is 19.2 Å². The molecule has 0 radical (unpaired) electrons. The van der Waals surface area contributed by atoms with Crippen LogP contribution in [0.2, 0.25) is 5.02 Å². The van der Waals surface area contributed by atoms with Crippen molar-refractivity contribution in [3.63, 3.8) is 0 Å². The molecule has 9 heteroatoms. The second-order valence-electron chi connectivity index (χ2n) is 13.1. The average Bonchev–Trinajstić information content (AvgIpc) is 3.19. The van der Waals surface area contributed by atoms with Gasteiger partial charge >= 0.3 is 5.97 Å². The van der Waals surface area contributed by atoms with E-state index in [9.17, 15) is 9.59 Å². The van der Waals surface area contributed by atoms with Crippen molar-refractivity contribution in [2.45, 2.75) is 103 Å². The first-order valence-corrected chi connectivity index (χ1v) is 16.9. The number of nitrogens with zero attached hydrogens (tertiary/aromatic N) is 2. The van der Waals surface area contributed by atoms with E-state index < -0.39 is 0 Å². The summed E-state index contributed by atoms with van der Waals surface area (Å²) in [6.45, 7) is 9.80. The third-order valence-corrected chi connectivity index (χ3v) is 10.0. The number of piperidine rings is 2. The molecule has 7 nitrogen and oxygen atoms in total. The molecule has 0 spiro atoms. The van der Waals surface area contributed by atoms with Crippen molar-refractivity contribution < 1.29 is 19.1 Å². The van der Waals surface area contributed by atoms with E-state index in [1.165, 1.54) is 45.1 Å². The number of carbonyl (C=O) groups is 2. The maximum atomic E-state index is 12.5. The van der Waals surface area contributed by atoms with Crippen LogP contribution in [-0.2, 0) is 4.74 Å². The first kappa shape index (κ1) is 37.1. The van der Waals surface area contributed by atoms with Crippen LogP contribution in [-0.4, -0.2) is 73.5 Å². The number of nitrogen functional groups attached to an aromatic ring is 1. The second kappa shape index (κ2) is 17.6. The molecule has 5 rings (SSSR count). The number of fused-ring (bicyclic) bond motifs is 2. The van der Waals surface area contributed by atoms with Gasteiger partial charge in [0.1, 0.15) is 11.9 Å². The van der Waals surface area contributed by atoms with E-state index in [0.29, 0.717) is 52.0 Å². The van der Waals surface area contributed by atoms with Crippen LogP contribution in [0, 0.1) is 19.8 Å². The number of anilines is 1. The number of ether oxygens (including phenoxy) is 2. The number of esters is 1. The number of unbranched alkanes of at least 4 members (excludes halogenated alkanes) is 1. The smallest absolute Gasteiger partial charge is 0.338 e. The summed E-state index contributed by atoms with van der Waals surface area (Å²) in [5.41, 5.74) is 9.66. The van der Waals surface area contributed by atoms with Crippen molar-refractivity contribution in [2.24, 2.45) is 5.92 Å². The van der Waals surface area contributed by atoms with Crippen LogP contribution < -0.4 is 10.5 Å². The van der Waals surface area contributed by atoms with Crippen molar-refractivity contribution >= 4 is 41.4 Å². The number of ketones is 1. The van der Waals surface area contributed by atoms with Crippen molar-refractivity contribution in [3.8, 4) is 5.75 Å². The number of likely N-dealkylation sites (tertiary alicyclic amines) is 1. The normalized spacial score (nSPS) is 21.8. The molecule has 2 aromatic rings. The lowest BCUT2D eigenvalue weighted by Gasteiger charge is -2.35. The van der Waals surface area contributed by atoms with E-state index >= 15 is 0 Å². The molecule has 0 amide bonds. The Bertz CT molecular complexity index is 1250. The first-order chi connectivity index (χ1) is 21.1. The van der Waals surface area contributed by atoms with Gasteiger partial charge in [-0.1, -0.05) is 42.1 Å². The van der Waals surface area contributed by atoms with E-state index in [4.69, 9.17) is 26.8 Å². The molecule has 3 aliphatic heterocycles. The van der Waals surface area contributed by atoms with Gasteiger partial charge in [0, 0.05) is 37.4 Å². The molecule has 2 bridgehead atoms. The zero-order chi connectivity index (χ0) is 31.8. The van der Waals surface area contributed by atoms with Crippen LogP contribution in [0.25, 0.3) is 0 Å². The van der Waals surface area contributed by atoms with Gasteiger partial charge in [-0.25, -0.2) is 4.79 Å². The molecule has 3 saturated heterocycles. The van der Waals surface area contributed by atoms with Crippen molar-refractivity contribution in [3.05, 3.63) is 57.6 Å². The lowest BCUT2D eigenvalue weighted by molar-refractivity contribution is -0.000477. The highest BCUT2D eigenvalue weighted by Crippen LogP contribution is 2.36. The van der Waals surface area contributed by atoms with Crippen LogP contribution >= 0.6 is 24.0 Å². The molecule has 0 aromatic heterocycles.